The Hall–Kier alpha value is -1.49. The molecule has 1 aromatic carbocycles. The number of hydrogen-bond donors (Lipinski definition) is 1. The maximum atomic E-state index is 6.05. The van der Waals surface area contributed by atoms with Crippen LogP contribution in [0.25, 0.3) is 11.0 Å². The first-order valence-corrected chi connectivity index (χ1v) is 7.35. The number of aromatic nitrogens is 2. The predicted octanol–water partition coefficient (Wildman–Crippen LogP) is 2.16. The molecule has 1 aliphatic rings. The van der Waals surface area contributed by atoms with Gasteiger partial charge in [-0.15, -0.1) is 0 Å². The molecule has 1 aromatic heterocycles. The van der Waals surface area contributed by atoms with E-state index in [1.54, 1.807) is 0 Å². The highest BCUT2D eigenvalue weighted by Gasteiger charge is 2.15. The highest BCUT2D eigenvalue weighted by atomic mass is 32.2. The van der Waals surface area contributed by atoms with Crippen molar-refractivity contribution in [2.75, 3.05) is 35.2 Å². The average Bonchev–Trinajstić information content (AvgIpc) is 2.66. The summed E-state index contributed by atoms with van der Waals surface area (Å²) in [6, 6.07) is 7.87. The summed E-state index contributed by atoms with van der Waals surface area (Å²) in [5, 5.41) is 0. The lowest BCUT2D eigenvalue weighted by atomic mass is 10.3. The normalized spacial score (nSPS) is 16.8. The zero-order valence-electron chi connectivity index (χ0n) is 10.2. The van der Waals surface area contributed by atoms with Gasteiger partial charge >= 0.3 is 0 Å². The van der Waals surface area contributed by atoms with Crippen molar-refractivity contribution in [1.82, 2.24) is 9.97 Å². The number of benzene rings is 1. The zero-order valence-corrected chi connectivity index (χ0v) is 11.0. The van der Waals surface area contributed by atoms with E-state index >= 15 is 0 Å². The molecule has 0 atom stereocenters. The average molecular weight is 260 g/mol. The molecule has 0 amide bonds. The van der Waals surface area contributed by atoms with Crippen LogP contribution in [0, 0.1) is 0 Å². The van der Waals surface area contributed by atoms with E-state index < -0.39 is 0 Å². The molecule has 0 aliphatic carbocycles. The Morgan fingerprint density at radius 2 is 1.83 bits per heavy atom. The zero-order chi connectivity index (χ0) is 12.4. The van der Waals surface area contributed by atoms with E-state index in [0.29, 0.717) is 5.82 Å². The molecular formula is C13H16N4S. The molecule has 94 valence electrons. The number of nitrogen functional groups attached to an aromatic ring is 1. The van der Waals surface area contributed by atoms with Crippen LogP contribution in [-0.2, 0) is 0 Å². The number of anilines is 2. The molecule has 5 heteroatoms. The van der Waals surface area contributed by atoms with Crippen LogP contribution < -0.4 is 10.6 Å². The van der Waals surface area contributed by atoms with Crippen LogP contribution in [0.3, 0.4) is 0 Å². The summed E-state index contributed by atoms with van der Waals surface area (Å²) in [6.45, 7) is 2.02. The molecule has 2 aromatic rings. The van der Waals surface area contributed by atoms with Crippen LogP contribution in [0.1, 0.15) is 6.42 Å². The third-order valence-electron chi connectivity index (χ3n) is 3.10. The van der Waals surface area contributed by atoms with Gasteiger partial charge < -0.3 is 10.6 Å². The fourth-order valence-corrected chi connectivity index (χ4v) is 3.08. The first kappa shape index (κ1) is 11.6. The Morgan fingerprint density at radius 1 is 1.06 bits per heavy atom. The summed E-state index contributed by atoms with van der Waals surface area (Å²) in [5.74, 6) is 3.74. The molecule has 2 heterocycles. The molecule has 1 fully saturated rings. The molecule has 0 radical (unpaired) electrons. The monoisotopic (exact) mass is 260 g/mol. The van der Waals surface area contributed by atoms with Crippen LogP contribution in [-0.4, -0.2) is 34.6 Å². The lowest BCUT2D eigenvalue weighted by molar-refractivity contribution is 0.803. The van der Waals surface area contributed by atoms with Crippen molar-refractivity contribution >= 4 is 34.4 Å². The van der Waals surface area contributed by atoms with Gasteiger partial charge in [-0.1, -0.05) is 12.1 Å². The molecule has 1 aliphatic heterocycles. The SMILES string of the molecule is Nc1nc2ccccc2nc1N1CCCSCC1. The summed E-state index contributed by atoms with van der Waals surface area (Å²) in [4.78, 5) is 11.4. The van der Waals surface area contributed by atoms with Crippen molar-refractivity contribution in [3.05, 3.63) is 24.3 Å². The van der Waals surface area contributed by atoms with E-state index in [-0.39, 0.29) is 0 Å². The molecule has 0 saturated carbocycles. The lowest BCUT2D eigenvalue weighted by Gasteiger charge is -2.22. The van der Waals surface area contributed by atoms with E-state index in [4.69, 9.17) is 5.73 Å². The second-order valence-corrected chi connectivity index (χ2v) is 5.60. The summed E-state index contributed by atoms with van der Waals surface area (Å²) in [7, 11) is 0. The van der Waals surface area contributed by atoms with E-state index in [2.05, 4.69) is 14.9 Å². The maximum Gasteiger partial charge on any atom is 0.172 e. The Balaban J connectivity index is 2.02. The van der Waals surface area contributed by atoms with Gasteiger partial charge in [0.2, 0.25) is 0 Å². The van der Waals surface area contributed by atoms with Gasteiger partial charge in [-0.25, -0.2) is 9.97 Å². The van der Waals surface area contributed by atoms with Crippen LogP contribution >= 0.6 is 11.8 Å². The summed E-state index contributed by atoms with van der Waals surface area (Å²) in [5.41, 5.74) is 7.83. The number of hydrogen-bond acceptors (Lipinski definition) is 5. The minimum absolute atomic E-state index is 0.542. The lowest BCUT2D eigenvalue weighted by Crippen LogP contribution is -2.27. The molecule has 18 heavy (non-hydrogen) atoms. The van der Waals surface area contributed by atoms with Gasteiger partial charge in [0.1, 0.15) is 0 Å². The smallest absolute Gasteiger partial charge is 0.172 e. The van der Waals surface area contributed by atoms with Crippen LogP contribution in [0.2, 0.25) is 0 Å². The summed E-state index contributed by atoms with van der Waals surface area (Å²) >= 11 is 1.99. The molecule has 0 spiro atoms. The second-order valence-electron chi connectivity index (χ2n) is 4.37. The minimum Gasteiger partial charge on any atom is -0.381 e. The van der Waals surface area contributed by atoms with Crippen molar-refractivity contribution < 1.29 is 0 Å². The Bertz CT molecular complexity index is 550. The van der Waals surface area contributed by atoms with Gasteiger partial charge in [-0.2, -0.15) is 11.8 Å². The highest BCUT2D eigenvalue weighted by Crippen LogP contribution is 2.24. The number of rotatable bonds is 1. The number of thioether (sulfide) groups is 1. The molecule has 0 bridgehead atoms. The van der Waals surface area contributed by atoms with Gasteiger partial charge in [0.15, 0.2) is 11.6 Å². The van der Waals surface area contributed by atoms with Gasteiger partial charge in [0, 0.05) is 18.8 Å². The van der Waals surface area contributed by atoms with Gasteiger partial charge in [-0.3, -0.25) is 0 Å². The largest absolute Gasteiger partial charge is 0.381 e. The second kappa shape index (κ2) is 5.02. The van der Waals surface area contributed by atoms with Crippen molar-refractivity contribution in [1.29, 1.82) is 0 Å². The predicted molar refractivity (Wildman–Crippen MR) is 78.1 cm³/mol. The van der Waals surface area contributed by atoms with Crippen molar-refractivity contribution in [3.63, 3.8) is 0 Å². The van der Waals surface area contributed by atoms with E-state index in [1.165, 1.54) is 12.2 Å². The topological polar surface area (TPSA) is 55.0 Å². The fourth-order valence-electron chi connectivity index (χ4n) is 2.19. The van der Waals surface area contributed by atoms with E-state index in [1.807, 2.05) is 36.0 Å². The molecular weight excluding hydrogens is 244 g/mol. The van der Waals surface area contributed by atoms with Crippen molar-refractivity contribution in [2.24, 2.45) is 0 Å². The molecule has 2 N–H and O–H groups in total. The van der Waals surface area contributed by atoms with Gasteiger partial charge in [0.25, 0.3) is 0 Å². The Morgan fingerprint density at radius 3 is 2.67 bits per heavy atom. The van der Waals surface area contributed by atoms with Crippen molar-refractivity contribution in [2.45, 2.75) is 6.42 Å². The van der Waals surface area contributed by atoms with Gasteiger partial charge in [0.05, 0.1) is 11.0 Å². The van der Waals surface area contributed by atoms with Crippen LogP contribution in [0.4, 0.5) is 11.6 Å². The van der Waals surface area contributed by atoms with Crippen LogP contribution in [0.15, 0.2) is 24.3 Å². The van der Waals surface area contributed by atoms with Crippen molar-refractivity contribution in [3.8, 4) is 0 Å². The third kappa shape index (κ3) is 2.22. The first-order chi connectivity index (χ1) is 8.84. The first-order valence-electron chi connectivity index (χ1n) is 6.19. The molecule has 4 nitrogen and oxygen atoms in total. The fraction of sp³-hybridized carbons (Fsp3) is 0.385. The third-order valence-corrected chi connectivity index (χ3v) is 4.15. The Kier molecular flexibility index (Phi) is 3.23. The Labute approximate surface area is 111 Å². The maximum absolute atomic E-state index is 6.05. The minimum atomic E-state index is 0.542. The van der Waals surface area contributed by atoms with E-state index in [9.17, 15) is 0 Å². The highest BCUT2D eigenvalue weighted by molar-refractivity contribution is 7.99. The molecule has 0 unspecified atom stereocenters. The molecule has 3 rings (SSSR count). The van der Waals surface area contributed by atoms with Gasteiger partial charge in [-0.05, 0) is 24.3 Å². The summed E-state index contributed by atoms with van der Waals surface area (Å²) in [6.07, 6.45) is 1.18. The number of nitrogens with two attached hydrogens (primary N) is 1. The molecule has 1 saturated heterocycles. The summed E-state index contributed by atoms with van der Waals surface area (Å²) < 4.78 is 0. The standard InChI is InChI=1S/C13H16N4S/c14-12-13(17-6-3-8-18-9-7-17)16-11-5-2-1-4-10(11)15-12/h1-2,4-5H,3,6-9H2,(H2,14,15). The number of nitrogens with zero attached hydrogens (tertiary/aromatic N) is 3. The quantitative estimate of drug-likeness (QED) is 0.851. The number of para-hydroxylation sites is 2. The number of fused-ring (bicyclic) bond motifs is 1. The van der Waals surface area contributed by atoms with E-state index in [0.717, 1.165) is 35.7 Å². The van der Waals surface area contributed by atoms with Crippen LogP contribution in [0.5, 0.6) is 0 Å².